The summed E-state index contributed by atoms with van der Waals surface area (Å²) >= 11 is 0. The summed E-state index contributed by atoms with van der Waals surface area (Å²) < 4.78 is 24.7. The van der Waals surface area contributed by atoms with Crippen molar-refractivity contribution in [1.82, 2.24) is 0 Å². The van der Waals surface area contributed by atoms with Crippen LogP contribution >= 0.6 is 0 Å². The molecule has 0 bridgehead atoms. The lowest BCUT2D eigenvalue weighted by molar-refractivity contribution is -0.130. The molecule has 0 aromatic carbocycles. The quantitative estimate of drug-likeness (QED) is 0.535. The lowest BCUT2D eigenvalue weighted by atomic mass is 9.94. The zero-order valence-electron chi connectivity index (χ0n) is 5.11. The van der Waals surface area contributed by atoms with Gasteiger partial charge >= 0.3 is 0 Å². The minimum atomic E-state index is -2.81. The fourth-order valence-electron chi connectivity index (χ4n) is 1.08. The Morgan fingerprint density at radius 3 is 2.33 bits per heavy atom. The molecule has 0 aromatic rings. The largest absolute Gasteiger partial charge is 0.387 e. The van der Waals surface area contributed by atoms with Crippen molar-refractivity contribution >= 4 is 0 Å². The number of halogens is 2. The van der Waals surface area contributed by atoms with E-state index in [4.69, 9.17) is 5.11 Å². The first-order valence-electron chi connectivity index (χ1n) is 3.19. The normalized spacial score (nSPS) is 34.3. The summed E-state index contributed by atoms with van der Waals surface area (Å²) in [5.41, 5.74) is 0. The second kappa shape index (κ2) is 2.21. The Labute approximate surface area is 52.7 Å². The Morgan fingerprint density at radius 2 is 2.00 bits per heavy atom. The van der Waals surface area contributed by atoms with Gasteiger partial charge in [0.15, 0.2) is 0 Å². The van der Waals surface area contributed by atoms with Crippen LogP contribution in [0, 0.1) is 0 Å². The third-order valence-corrected chi connectivity index (χ3v) is 1.73. The minimum absolute atomic E-state index is 0.145. The molecule has 0 radical (unpaired) electrons. The van der Waals surface area contributed by atoms with Gasteiger partial charge in [-0.3, -0.25) is 0 Å². The van der Waals surface area contributed by atoms with E-state index in [0.717, 1.165) is 6.42 Å². The number of rotatable bonds is 0. The van der Waals surface area contributed by atoms with Crippen LogP contribution in [0.5, 0.6) is 0 Å². The SMILES string of the molecule is O[C@H]1CCCCC1(F)F. The zero-order valence-corrected chi connectivity index (χ0v) is 5.11. The summed E-state index contributed by atoms with van der Waals surface area (Å²) in [5.74, 6) is -2.81. The monoisotopic (exact) mass is 136 g/mol. The van der Waals surface area contributed by atoms with Crippen molar-refractivity contribution in [2.75, 3.05) is 0 Å². The maximum absolute atomic E-state index is 12.3. The average molecular weight is 136 g/mol. The lowest BCUT2D eigenvalue weighted by Gasteiger charge is -2.26. The molecule has 0 aliphatic heterocycles. The highest BCUT2D eigenvalue weighted by molar-refractivity contribution is 4.80. The van der Waals surface area contributed by atoms with Crippen molar-refractivity contribution in [2.45, 2.75) is 37.7 Å². The number of alkyl halides is 2. The van der Waals surface area contributed by atoms with Crippen molar-refractivity contribution in [1.29, 1.82) is 0 Å². The van der Waals surface area contributed by atoms with Crippen LogP contribution in [0.25, 0.3) is 0 Å². The molecule has 1 aliphatic rings. The smallest absolute Gasteiger partial charge is 0.273 e. The molecule has 1 atom stereocenters. The van der Waals surface area contributed by atoms with Crippen LogP contribution in [-0.2, 0) is 0 Å². The lowest BCUT2D eigenvalue weighted by Crippen LogP contribution is -2.36. The molecule has 0 heterocycles. The molecule has 1 fully saturated rings. The molecule has 0 aromatic heterocycles. The summed E-state index contributed by atoms with van der Waals surface area (Å²) in [4.78, 5) is 0. The Kier molecular flexibility index (Phi) is 1.70. The highest BCUT2D eigenvalue weighted by Gasteiger charge is 2.39. The van der Waals surface area contributed by atoms with Crippen LogP contribution in [0.2, 0.25) is 0 Å². The van der Waals surface area contributed by atoms with Gasteiger partial charge < -0.3 is 5.11 Å². The summed E-state index contributed by atoms with van der Waals surface area (Å²) in [6.45, 7) is 0. The van der Waals surface area contributed by atoms with Crippen LogP contribution in [0.3, 0.4) is 0 Å². The summed E-state index contributed by atoms with van der Waals surface area (Å²) in [7, 11) is 0. The second-order valence-electron chi connectivity index (χ2n) is 2.52. The fourth-order valence-corrected chi connectivity index (χ4v) is 1.08. The standard InChI is InChI=1S/C6H10F2O/c7-6(8)4-2-1-3-5(6)9/h5,9H,1-4H2/t5-/m0/s1. The van der Waals surface area contributed by atoms with E-state index in [-0.39, 0.29) is 12.8 Å². The van der Waals surface area contributed by atoms with Gasteiger partial charge in [-0.1, -0.05) is 6.42 Å². The van der Waals surface area contributed by atoms with E-state index in [2.05, 4.69) is 0 Å². The summed E-state index contributed by atoms with van der Waals surface area (Å²) in [5, 5.41) is 8.69. The molecule has 1 nitrogen and oxygen atoms in total. The molecule has 3 heteroatoms. The van der Waals surface area contributed by atoms with E-state index in [1.807, 2.05) is 0 Å². The van der Waals surface area contributed by atoms with Gasteiger partial charge in [-0.05, 0) is 12.8 Å². The van der Waals surface area contributed by atoms with Gasteiger partial charge in [-0.25, -0.2) is 8.78 Å². The van der Waals surface area contributed by atoms with Crippen LogP contribution in [-0.4, -0.2) is 17.1 Å². The van der Waals surface area contributed by atoms with Crippen molar-refractivity contribution in [3.8, 4) is 0 Å². The molecular weight excluding hydrogens is 126 g/mol. The van der Waals surface area contributed by atoms with Crippen molar-refractivity contribution in [3.05, 3.63) is 0 Å². The van der Waals surface area contributed by atoms with Gasteiger partial charge in [0.1, 0.15) is 6.10 Å². The molecule has 1 N–H and O–H groups in total. The number of hydrogen-bond acceptors (Lipinski definition) is 1. The van der Waals surface area contributed by atoms with Gasteiger partial charge in [-0.15, -0.1) is 0 Å². The van der Waals surface area contributed by atoms with Crippen LogP contribution in [0.15, 0.2) is 0 Å². The third kappa shape index (κ3) is 1.39. The number of aliphatic hydroxyl groups excluding tert-OH is 1. The first-order chi connectivity index (χ1) is 4.13. The highest BCUT2D eigenvalue weighted by Crippen LogP contribution is 2.32. The minimum Gasteiger partial charge on any atom is -0.387 e. The number of hydrogen-bond donors (Lipinski definition) is 1. The van der Waals surface area contributed by atoms with E-state index in [1.54, 1.807) is 0 Å². The number of aliphatic hydroxyl groups is 1. The Bertz CT molecular complexity index is 103. The summed E-state index contributed by atoms with van der Waals surface area (Å²) in [6.07, 6.45) is 0.00775. The summed E-state index contributed by atoms with van der Waals surface area (Å²) in [6, 6.07) is 0. The van der Waals surface area contributed by atoms with E-state index in [1.165, 1.54) is 0 Å². The average Bonchev–Trinajstić information content (AvgIpc) is 1.77. The third-order valence-electron chi connectivity index (χ3n) is 1.73. The molecule has 54 valence electrons. The molecule has 0 spiro atoms. The molecule has 0 amide bonds. The fraction of sp³-hybridized carbons (Fsp3) is 1.00. The topological polar surface area (TPSA) is 20.2 Å². The second-order valence-corrected chi connectivity index (χ2v) is 2.52. The molecule has 1 rings (SSSR count). The van der Waals surface area contributed by atoms with E-state index < -0.39 is 12.0 Å². The Morgan fingerprint density at radius 1 is 1.33 bits per heavy atom. The van der Waals surface area contributed by atoms with E-state index in [9.17, 15) is 8.78 Å². The predicted octanol–water partition coefficient (Wildman–Crippen LogP) is 1.56. The van der Waals surface area contributed by atoms with Gasteiger partial charge in [0.05, 0.1) is 0 Å². The molecule has 9 heavy (non-hydrogen) atoms. The first kappa shape index (κ1) is 6.93. The van der Waals surface area contributed by atoms with Gasteiger partial charge in [-0.2, -0.15) is 0 Å². The van der Waals surface area contributed by atoms with Gasteiger partial charge in [0, 0.05) is 6.42 Å². The molecular formula is C6H10F2O. The molecule has 1 saturated carbocycles. The Hall–Kier alpha value is -0.180. The molecule has 1 aliphatic carbocycles. The predicted molar refractivity (Wildman–Crippen MR) is 29.4 cm³/mol. The zero-order chi connectivity index (χ0) is 6.91. The van der Waals surface area contributed by atoms with Crippen molar-refractivity contribution in [3.63, 3.8) is 0 Å². The van der Waals surface area contributed by atoms with Crippen LogP contribution in [0.1, 0.15) is 25.7 Å². The molecule has 0 unspecified atom stereocenters. The maximum atomic E-state index is 12.3. The van der Waals surface area contributed by atoms with Crippen molar-refractivity contribution in [2.24, 2.45) is 0 Å². The van der Waals surface area contributed by atoms with E-state index >= 15 is 0 Å². The Balaban J connectivity index is 2.49. The van der Waals surface area contributed by atoms with Crippen LogP contribution in [0.4, 0.5) is 8.78 Å². The van der Waals surface area contributed by atoms with Crippen molar-refractivity contribution < 1.29 is 13.9 Å². The van der Waals surface area contributed by atoms with Crippen LogP contribution < -0.4 is 0 Å². The maximum Gasteiger partial charge on any atom is 0.273 e. The molecule has 0 saturated heterocycles. The highest BCUT2D eigenvalue weighted by atomic mass is 19.3. The first-order valence-corrected chi connectivity index (χ1v) is 3.19. The van der Waals surface area contributed by atoms with Gasteiger partial charge in [0.25, 0.3) is 5.92 Å². The van der Waals surface area contributed by atoms with E-state index in [0.29, 0.717) is 6.42 Å². The van der Waals surface area contributed by atoms with Gasteiger partial charge in [0.2, 0.25) is 0 Å².